The molecule has 2 heterocycles. The Morgan fingerprint density at radius 2 is 2.17 bits per heavy atom. The molecule has 3 N–H and O–H groups in total. The summed E-state index contributed by atoms with van der Waals surface area (Å²) in [6.07, 6.45) is 1.72. The summed E-state index contributed by atoms with van der Waals surface area (Å²) in [6, 6.07) is 3.87. The van der Waals surface area contributed by atoms with Gasteiger partial charge in [-0.3, -0.25) is 15.3 Å². The van der Waals surface area contributed by atoms with E-state index in [4.69, 9.17) is 11.1 Å². The topological polar surface area (TPSA) is 69.2 Å². The van der Waals surface area contributed by atoms with Crippen LogP contribution in [0.25, 0.3) is 0 Å². The molecule has 0 saturated carbocycles. The Labute approximate surface area is 108 Å². The SMILES string of the molecule is CN1CCN(c2ccnc(C(=N)N)c2)CC1(C)C. The minimum atomic E-state index is 0.0187. The molecular weight excluding hydrogens is 226 g/mol. The van der Waals surface area contributed by atoms with E-state index in [1.165, 1.54) is 0 Å². The number of nitrogens with one attached hydrogen (secondary N) is 1. The maximum Gasteiger partial charge on any atom is 0.141 e. The highest BCUT2D eigenvalue weighted by Crippen LogP contribution is 2.24. The number of amidine groups is 1. The normalized spacial score (nSPS) is 19.8. The van der Waals surface area contributed by atoms with Gasteiger partial charge in [0.25, 0.3) is 0 Å². The number of aromatic nitrogens is 1. The van der Waals surface area contributed by atoms with E-state index in [-0.39, 0.29) is 11.4 Å². The lowest BCUT2D eigenvalue weighted by Crippen LogP contribution is -2.57. The molecule has 2 rings (SSSR count). The van der Waals surface area contributed by atoms with E-state index >= 15 is 0 Å². The minimum absolute atomic E-state index is 0.0187. The molecule has 1 aromatic rings. The first-order chi connectivity index (χ1) is 8.40. The lowest BCUT2D eigenvalue weighted by Gasteiger charge is -2.46. The van der Waals surface area contributed by atoms with E-state index in [2.05, 4.69) is 35.7 Å². The summed E-state index contributed by atoms with van der Waals surface area (Å²) < 4.78 is 0. The average molecular weight is 247 g/mol. The standard InChI is InChI=1S/C13H21N5/c1-13(2)9-18(7-6-17(13)3)10-4-5-16-11(8-10)12(14)15/h4-5,8H,6-7,9H2,1-3H3,(H3,14,15). The number of nitrogens with two attached hydrogens (primary N) is 1. The van der Waals surface area contributed by atoms with Gasteiger partial charge in [0.2, 0.25) is 0 Å². The van der Waals surface area contributed by atoms with Crippen molar-refractivity contribution in [1.82, 2.24) is 9.88 Å². The summed E-state index contributed by atoms with van der Waals surface area (Å²) in [5, 5.41) is 7.44. The maximum atomic E-state index is 7.44. The molecule has 1 aliphatic rings. The molecule has 1 aliphatic heterocycles. The summed E-state index contributed by atoms with van der Waals surface area (Å²) >= 11 is 0. The van der Waals surface area contributed by atoms with Crippen molar-refractivity contribution in [2.75, 3.05) is 31.6 Å². The molecule has 1 aromatic heterocycles. The highest BCUT2D eigenvalue weighted by atomic mass is 15.3. The fourth-order valence-electron chi connectivity index (χ4n) is 2.22. The van der Waals surface area contributed by atoms with E-state index < -0.39 is 0 Å². The van der Waals surface area contributed by atoms with Crippen LogP contribution in [-0.4, -0.2) is 47.9 Å². The number of rotatable bonds is 2. The van der Waals surface area contributed by atoms with Gasteiger partial charge in [-0.25, -0.2) is 0 Å². The molecule has 0 unspecified atom stereocenters. The van der Waals surface area contributed by atoms with Crippen molar-refractivity contribution in [2.24, 2.45) is 5.73 Å². The van der Waals surface area contributed by atoms with Crippen molar-refractivity contribution < 1.29 is 0 Å². The maximum absolute atomic E-state index is 7.44. The van der Waals surface area contributed by atoms with Crippen molar-refractivity contribution in [3.05, 3.63) is 24.0 Å². The lowest BCUT2D eigenvalue weighted by atomic mass is 9.99. The number of piperazine rings is 1. The highest BCUT2D eigenvalue weighted by Gasteiger charge is 2.31. The molecule has 0 atom stereocenters. The monoisotopic (exact) mass is 247 g/mol. The molecule has 5 heteroatoms. The molecule has 0 spiro atoms. The van der Waals surface area contributed by atoms with Crippen LogP contribution in [0.2, 0.25) is 0 Å². The third-order valence-corrected chi connectivity index (χ3v) is 3.70. The molecule has 18 heavy (non-hydrogen) atoms. The van der Waals surface area contributed by atoms with Gasteiger partial charge in [-0.05, 0) is 33.0 Å². The lowest BCUT2D eigenvalue weighted by molar-refractivity contribution is 0.139. The Morgan fingerprint density at radius 1 is 1.44 bits per heavy atom. The average Bonchev–Trinajstić information content (AvgIpc) is 2.33. The van der Waals surface area contributed by atoms with Gasteiger partial charge < -0.3 is 10.6 Å². The van der Waals surface area contributed by atoms with Crippen molar-refractivity contribution >= 4 is 11.5 Å². The Bertz CT molecular complexity index is 454. The van der Waals surface area contributed by atoms with Gasteiger partial charge in [-0.1, -0.05) is 0 Å². The summed E-state index contributed by atoms with van der Waals surface area (Å²) in [5.74, 6) is 0.0187. The summed E-state index contributed by atoms with van der Waals surface area (Å²) in [5.41, 5.74) is 7.27. The first kappa shape index (κ1) is 12.8. The Morgan fingerprint density at radius 3 is 2.78 bits per heavy atom. The van der Waals surface area contributed by atoms with Crippen LogP contribution in [-0.2, 0) is 0 Å². The predicted molar refractivity (Wildman–Crippen MR) is 74.2 cm³/mol. The third-order valence-electron chi connectivity index (χ3n) is 3.70. The van der Waals surface area contributed by atoms with Crippen LogP contribution in [0.3, 0.4) is 0 Å². The zero-order valence-corrected chi connectivity index (χ0v) is 11.3. The molecule has 1 fully saturated rings. The Hall–Kier alpha value is -1.62. The van der Waals surface area contributed by atoms with Crippen LogP contribution in [0.4, 0.5) is 5.69 Å². The quantitative estimate of drug-likeness (QED) is 0.601. The number of hydrogen-bond acceptors (Lipinski definition) is 4. The fraction of sp³-hybridized carbons (Fsp3) is 0.538. The first-order valence-electron chi connectivity index (χ1n) is 6.17. The highest BCUT2D eigenvalue weighted by molar-refractivity contribution is 5.93. The molecule has 0 aromatic carbocycles. The number of hydrogen-bond donors (Lipinski definition) is 2. The largest absolute Gasteiger partial charge is 0.382 e. The molecule has 0 radical (unpaired) electrons. The van der Waals surface area contributed by atoms with Gasteiger partial charge in [0.15, 0.2) is 0 Å². The predicted octanol–water partition coefficient (Wildman–Crippen LogP) is 0.896. The van der Waals surface area contributed by atoms with Gasteiger partial charge >= 0.3 is 0 Å². The summed E-state index contributed by atoms with van der Waals surface area (Å²) in [7, 11) is 2.16. The van der Waals surface area contributed by atoms with Crippen molar-refractivity contribution in [3.63, 3.8) is 0 Å². The minimum Gasteiger partial charge on any atom is -0.382 e. The molecular formula is C13H21N5. The zero-order valence-electron chi connectivity index (χ0n) is 11.3. The second kappa shape index (κ2) is 4.57. The molecule has 0 aliphatic carbocycles. The second-order valence-electron chi connectivity index (χ2n) is 5.47. The van der Waals surface area contributed by atoms with Crippen LogP contribution >= 0.6 is 0 Å². The molecule has 98 valence electrons. The molecule has 0 amide bonds. The number of nitrogens with zero attached hydrogens (tertiary/aromatic N) is 3. The van der Waals surface area contributed by atoms with Crippen LogP contribution in [0, 0.1) is 5.41 Å². The molecule has 1 saturated heterocycles. The van der Waals surface area contributed by atoms with E-state index in [0.29, 0.717) is 5.69 Å². The Kier molecular flexibility index (Phi) is 3.26. The molecule has 0 bridgehead atoms. The fourth-order valence-corrected chi connectivity index (χ4v) is 2.22. The van der Waals surface area contributed by atoms with E-state index in [0.717, 1.165) is 25.3 Å². The summed E-state index contributed by atoms with van der Waals surface area (Å²) in [4.78, 5) is 8.80. The number of pyridine rings is 1. The van der Waals surface area contributed by atoms with E-state index in [9.17, 15) is 0 Å². The van der Waals surface area contributed by atoms with E-state index in [1.807, 2.05) is 12.1 Å². The molecule has 5 nitrogen and oxygen atoms in total. The smallest absolute Gasteiger partial charge is 0.141 e. The van der Waals surface area contributed by atoms with Gasteiger partial charge in [0, 0.05) is 37.1 Å². The van der Waals surface area contributed by atoms with Gasteiger partial charge in [-0.2, -0.15) is 0 Å². The van der Waals surface area contributed by atoms with Crippen molar-refractivity contribution in [1.29, 1.82) is 5.41 Å². The van der Waals surface area contributed by atoms with E-state index in [1.54, 1.807) is 6.20 Å². The summed E-state index contributed by atoms with van der Waals surface area (Å²) in [6.45, 7) is 7.47. The number of anilines is 1. The zero-order chi connectivity index (χ0) is 13.3. The number of nitrogen functional groups attached to an aromatic ring is 1. The van der Waals surface area contributed by atoms with Crippen LogP contribution in [0.5, 0.6) is 0 Å². The third kappa shape index (κ3) is 2.46. The van der Waals surface area contributed by atoms with Crippen molar-refractivity contribution in [3.8, 4) is 0 Å². The Balaban J connectivity index is 2.22. The van der Waals surface area contributed by atoms with Crippen molar-refractivity contribution in [2.45, 2.75) is 19.4 Å². The van der Waals surface area contributed by atoms with Gasteiger partial charge in [0.05, 0.1) is 0 Å². The van der Waals surface area contributed by atoms with Gasteiger partial charge in [-0.15, -0.1) is 0 Å². The first-order valence-corrected chi connectivity index (χ1v) is 6.17. The number of likely N-dealkylation sites (N-methyl/N-ethyl adjacent to an activating group) is 1. The van der Waals surface area contributed by atoms with Crippen LogP contribution in [0.15, 0.2) is 18.3 Å². The van der Waals surface area contributed by atoms with Gasteiger partial charge in [0.1, 0.15) is 11.5 Å². The van der Waals surface area contributed by atoms with Crippen LogP contribution in [0.1, 0.15) is 19.5 Å². The second-order valence-corrected chi connectivity index (χ2v) is 5.47. The van der Waals surface area contributed by atoms with Crippen LogP contribution < -0.4 is 10.6 Å².